The third-order valence-corrected chi connectivity index (χ3v) is 2.84. The topological polar surface area (TPSA) is 104 Å². The van der Waals surface area contributed by atoms with E-state index in [0.29, 0.717) is 22.3 Å². The molecule has 0 bridgehead atoms. The van der Waals surface area contributed by atoms with Crippen LogP contribution in [0.2, 0.25) is 0 Å². The van der Waals surface area contributed by atoms with Crippen LogP contribution < -0.4 is 0 Å². The number of rotatable bonds is 0. The first-order valence-electron chi connectivity index (χ1n) is 5.65. The highest BCUT2D eigenvalue weighted by molar-refractivity contribution is 5.92. The number of fused-ring (bicyclic) bond motifs is 2. The molecule has 4 aromatic rings. The standard InChI is InChI=1S/C11H6N8O/c20-11(18-5-16-7-1-12-3-14-9(7)18)19-6-17-8-2-13-4-15-10(8)19/h1-6H. The Morgan fingerprint density at radius 1 is 0.800 bits per heavy atom. The van der Waals surface area contributed by atoms with E-state index in [-0.39, 0.29) is 6.03 Å². The number of hydrogen-bond acceptors (Lipinski definition) is 7. The van der Waals surface area contributed by atoms with Gasteiger partial charge in [-0.05, 0) is 0 Å². The summed E-state index contributed by atoms with van der Waals surface area (Å²) in [6.07, 6.45) is 8.61. The maximum Gasteiger partial charge on any atom is 0.342 e. The van der Waals surface area contributed by atoms with Gasteiger partial charge in [-0.3, -0.25) is 0 Å². The van der Waals surface area contributed by atoms with E-state index in [1.165, 1.54) is 34.4 Å². The van der Waals surface area contributed by atoms with E-state index < -0.39 is 0 Å². The maximum absolute atomic E-state index is 12.5. The van der Waals surface area contributed by atoms with E-state index in [4.69, 9.17) is 0 Å². The average molecular weight is 266 g/mol. The summed E-state index contributed by atoms with van der Waals surface area (Å²) in [5, 5.41) is 0. The Morgan fingerprint density at radius 2 is 1.30 bits per heavy atom. The Labute approximate surface area is 111 Å². The van der Waals surface area contributed by atoms with Crippen molar-refractivity contribution in [3.05, 3.63) is 37.7 Å². The first-order valence-corrected chi connectivity index (χ1v) is 5.65. The Balaban J connectivity index is 1.92. The normalized spacial score (nSPS) is 11.2. The molecule has 0 atom stereocenters. The minimum absolute atomic E-state index is 0.368. The fraction of sp³-hybridized carbons (Fsp3) is 0. The molecule has 20 heavy (non-hydrogen) atoms. The van der Waals surface area contributed by atoms with Gasteiger partial charge in [0, 0.05) is 0 Å². The number of carbonyl (C=O) groups excluding carboxylic acids is 1. The second kappa shape index (κ2) is 3.88. The zero-order chi connectivity index (χ0) is 13.5. The van der Waals surface area contributed by atoms with Crippen molar-refractivity contribution in [1.29, 1.82) is 0 Å². The van der Waals surface area contributed by atoms with Crippen molar-refractivity contribution in [2.24, 2.45) is 0 Å². The highest BCUT2D eigenvalue weighted by atomic mass is 16.2. The molecule has 4 heterocycles. The molecular formula is C11H6N8O. The van der Waals surface area contributed by atoms with E-state index in [1.807, 2.05) is 0 Å². The summed E-state index contributed by atoms with van der Waals surface area (Å²) in [5.41, 5.74) is 1.95. The van der Waals surface area contributed by atoms with Gasteiger partial charge in [0.2, 0.25) is 0 Å². The molecule has 0 radical (unpaired) electrons. The number of hydrogen-bond donors (Lipinski definition) is 0. The molecule has 4 rings (SSSR count). The van der Waals surface area contributed by atoms with Crippen LogP contribution in [0.25, 0.3) is 22.3 Å². The molecule has 0 saturated heterocycles. The van der Waals surface area contributed by atoms with Crippen LogP contribution in [0.4, 0.5) is 4.79 Å². The molecule has 0 N–H and O–H groups in total. The van der Waals surface area contributed by atoms with Gasteiger partial charge in [0.05, 0.1) is 12.4 Å². The molecule has 9 heteroatoms. The zero-order valence-corrected chi connectivity index (χ0v) is 9.95. The molecule has 96 valence electrons. The molecular weight excluding hydrogens is 260 g/mol. The minimum Gasteiger partial charge on any atom is -0.247 e. The molecule has 0 amide bonds. The highest BCUT2D eigenvalue weighted by Crippen LogP contribution is 2.12. The van der Waals surface area contributed by atoms with Crippen LogP contribution in [0, 0.1) is 0 Å². The number of imidazole rings is 2. The summed E-state index contributed by atoms with van der Waals surface area (Å²) >= 11 is 0. The number of aromatic nitrogens is 8. The lowest BCUT2D eigenvalue weighted by molar-refractivity contribution is 0.245. The summed E-state index contributed by atoms with van der Waals surface area (Å²) in [6, 6.07) is -0.368. The molecule has 0 spiro atoms. The summed E-state index contributed by atoms with van der Waals surface area (Å²) in [6.45, 7) is 0. The van der Waals surface area contributed by atoms with Crippen molar-refractivity contribution in [3.63, 3.8) is 0 Å². The first kappa shape index (κ1) is 10.7. The van der Waals surface area contributed by atoms with Crippen LogP contribution >= 0.6 is 0 Å². The maximum atomic E-state index is 12.5. The van der Waals surface area contributed by atoms with E-state index >= 15 is 0 Å². The second-order valence-corrected chi connectivity index (χ2v) is 3.97. The Morgan fingerprint density at radius 3 is 1.80 bits per heavy atom. The summed E-state index contributed by atoms with van der Waals surface area (Å²) in [7, 11) is 0. The summed E-state index contributed by atoms with van der Waals surface area (Å²) < 4.78 is 2.64. The SMILES string of the molecule is O=C(n1cnc2cncnc21)n1cnc2cncnc21. The van der Waals surface area contributed by atoms with Gasteiger partial charge < -0.3 is 0 Å². The molecule has 0 aliphatic rings. The minimum atomic E-state index is -0.368. The van der Waals surface area contributed by atoms with Crippen LogP contribution in [0.3, 0.4) is 0 Å². The predicted molar refractivity (Wildman–Crippen MR) is 66.8 cm³/mol. The van der Waals surface area contributed by atoms with Crippen LogP contribution in [-0.2, 0) is 0 Å². The van der Waals surface area contributed by atoms with Gasteiger partial charge in [0.1, 0.15) is 36.3 Å². The van der Waals surface area contributed by atoms with Gasteiger partial charge >= 0.3 is 6.03 Å². The summed E-state index contributed by atoms with van der Waals surface area (Å²) in [4.78, 5) is 36.5. The fourth-order valence-electron chi connectivity index (χ4n) is 1.93. The van der Waals surface area contributed by atoms with Crippen molar-refractivity contribution in [3.8, 4) is 0 Å². The predicted octanol–water partition coefficient (Wildman–Crippen LogP) is 0.482. The third kappa shape index (κ3) is 1.40. The Bertz CT molecular complexity index is 864. The van der Waals surface area contributed by atoms with Gasteiger partial charge in [0.15, 0.2) is 11.3 Å². The number of carbonyl (C=O) groups is 1. The number of nitrogens with zero attached hydrogens (tertiary/aromatic N) is 8. The van der Waals surface area contributed by atoms with Crippen molar-refractivity contribution >= 4 is 28.4 Å². The Hall–Kier alpha value is -3.23. The average Bonchev–Trinajstić information content (AvgIpc) is 3.11. The lowest BCUT2D eigenvalue weighted by Gasteiger charge is -2.02. The summed E-state index contributed by atoms with van der Waals surface area (Å²) in [5.74, 6) is 0. The lowest BCUT2D eigenvalue weighted by atomic mass is 10.5. The van der Waals surface area contributed by atoms with Gasteiger partial charge in [-0.1, -0.05) is 0 Å². The smallest absolute Gasteiger partial charge is 0.247 e. The van der Waals surface area contributed by atoms with Crippen LogP contribution in [0.15, 0.2) is 37.7 Å². The molecule has 9 nitrogen and oxygen atoms in total. The van der Waals surface area contributed by atoms with Gasteiger partial charge in [-0.25, -0.2) is 43.8 Å². The van der Waals surface area contributed by atoms with Crippen LogP contribution in [-0.4, -0.2) is 45.1 Å². The fourth-order valence-corrected chi connectivity index (χ4v) is 1.93. The molecule has 4 aromatic heterocycles. The van der Waals surface area contributed by atoms with E-state index in [2.05, 4.69) is 29.9 Å². The molecule has 0 aliphatic heterocycles. The van der Waals surface area contributed by atoms with Crippen molar-refractivity contribution < 1.29 is 4.79 Å². The van der Waals surface area contributed by atoms with Gasteiger partial charge in [-0.15, -0.1) is 0 Å². The second-order valence-electron chi connectivity index (χ2n) is 3.97. The van der Waals surface area contributed by atoms with E-state index in [9.17, 15) is 4.79 Å². The molecule has 0 fully saturated rings. The molecule has 0 saturated carbocycles. The highest BCUT2D eigenvalue weighted by Gasteiger charge is 2.16. The largest absolute Gasteiger partial charge is 0.342 e. The molecule has 0 unspecified atom stereocenters. The van der Waals surface area contributed by atoms with Gasteiger partial charge in [-0.2, -0.15) is 0 Å². The van der Waals surface area contributed by atoms with Crippen molar-refractivity contribution in [1.82, 2.24) is 39.0 Å². The van der Waals surface area contributed by atoms with Gasteiger partial charge in [0.25, 0.3) is 0 Å². The van der Waals surface area contributed by atoms with E-state index in [0.717, 1.165) is 0 Å². The monoisotopic (exact) mass is 266 g/mol. The third-order valence-electron chi connectivity index (χ3n) is 2.84. The lowest BCUT2D eigenvalue weighted by Crippen LogP contribution is -2.18. The van der Waals surface area contributed by atoms with Crippen LogP contribution in [0.1, 0.15) is 0 Å². The quantitative estimate of drug-likeness (QED) is 0.456. The van der Waals surface area contributed by atoms with Crippen molar-refractivity contribution in [2.75, 3.05) is 0 Å². The Kier molecular flexibility index (Phi) is 2.07. The zero-order valence-electron chi connectivity index (χ0n) is 9.95. The van der Waals surface area contributed by atoms with E-state index in [1.54, 1.807) is 12.4 Å². The van der Waals surface area contributed by atoms with Crippen LogP contribution in [0.5, 0.6) is 0 Å². The molecule has 0 aliphatic carbocycles. The molecule has 0 aromatic carbocycles. The van der Waals surface area contributed by atoms with Crippen molar-refractivity contribution in [2.45, 2.75) is 0 Å². The first-order chi connectivity index (χ1) is 9.84.